The molecule has 2 aromatic heterocycles. The summed E-state index contributed by atoms with van der Waals surface area (Å²) in [5, 5.41) is 0.761. The molecular formula is C14H20N4OS. The smallest absolute Gasteiger partial charge is 0.261 e. The van der Waals surface area contributed by atoms with Crippen LogP contribution in [0.3, 0.4) is 0 Å². The Morgan fingerprint density at radius 3 is 2.85 bits per heavy atom. The Bertz CT molecular complexity index is 710. The summed E-state index contributed by atoms with van der Waals surface area (Å²) in [6.45, 7) is 6.87. The van der Waals surface area contributed by atoms with Crippen molar-refractivity contribution in [3.8, 4) is 0 Å². The number of hydrazine groups is 1. The van der Waals surface area contributed by atoms with E-state index in [1.54, 1.807) is 11.3 Å². The number of nitrogens with one attached hydrogen (secondary N) is 2. The molecular weight excluding hydrogens is 272 g/mol. The van der Waals surface area contributed by atoms with Crippen LogP contribution in [-0.4, -0.2) is 9.97 Å². The zero-order chi connectivity index (χ0) is 14.5. The Morgan fingerprint density at radius 1 is 1.45 bits per heavy atom. The third-order valence-corrected chi connectivity index (χ3v) is 5.43. The molecule has 0 radical (unpaired) electrons. The predicted molar refractivity (Wildman–Crippen MR) is 83.0 cm³/mol. The lowest BCUT2D eigenvalue weighted by atomic mass is 9.72. The minimum absolute atomic E-state index is 0.0883. The van der Waals surface area contributed by atoms with Gasteiger partial charge in [-0.05, 0) is 36.2 Å². The molecule has 0 fully saturated rings. The molecule has 0 saturated heterocycles. The summed E-state index contributed by atoms with van der Waals surface area (Å²) in [5.41, 5.74) is 3.83. The molecule has 6 heteroatoms. The highest BCUT2D eigenvalue weighted by Crippen LogP contribution is 2.41. The first-order chi connectivity index (χ1) is 9.40. The quantitative estimate of drug-likeness (QED) is 0.557. The number of anilines is 1. The van der Waals surface area contributed by atoms with E-state index in [1.165, 1.54) is 10.4 Å². The van der Waals surface area contributed by atoms with Gasteiger partial charge in [0.2, 0.25) is 5.95 Å². The normalized spacial score (nSPS) is 19.1. The van der Waals surface area contributed by atoms with Crippen LogP contribution in [0.2, 0.25) is 0 Å². The first-order valence-electron chi connectivity index (χ1n) is 6.91. The molecule has 0 aromatic carbocycles. The predicted octanol–water partition coefficient (Wildman–Crippen LogP) is 2.42. The monoisotopic (exact) mass is 292 g/mol. The van der Waals surface area contributed by atoms with E-state index in [0.29, 0.717) is 17.3 Å². The second kappa shape index (κ2) is 4.56. The average molecular weight is 292 g/mol. The third kappa shape index (κ3) is 2.13. The van der Waals surface area contributed by atoms with Crippen LogP contribution in [0, 0.1) is 11.3 Å². The molecule has 0 aliphatic heterocycles. The molecule has 20 heavy (non-hydrogen) atoms. The molecule has 1 atom stereocenters. The molecule has 1 aliphatic rings. The van der Waals surface area contributed by atoms with Crippen molar-refractivity contribution in [2.75, 3.05) is 5.43 Å². The van der Waals surface area contributed by atoms with Gasteiger partial charge < -0.3 is 0 Å². The van der Waals surface area contributed by atoms with E-state index in [9.17, 15) is 4.79 Å². The largest absolute Gasteiger partial charge is 0.294 e. The number of aromatic amines is 1. The van der Waals surface area contributed by atoms with Gasteiger partial charge in [-0.25, -0.2) is 10.8 Å². The Kier molecular flexibility index (Phi) is 3.10. The highest BCUT2D eigenvalue weighted by atomic mass is 32.1. The molecule has 108 valence electrons. The van der Waals surface area contributed by atoms with Crippen LogP contribution in [0.5, 0.6) is 0 Å². The Balaban J connectivity index is 2.11. The number of fused-ring (bicyclic) bond motifs is 3. The first kappa shape index (κ1) is 13.6. The Hall–Kier alpha value is -1.40. The highest BCUT2D eigenvalue weighted by Gasteiger charge is 2.31. The molecule has 0 amide bonds. The minimum Gasteiger partial charge on any atom is -0.294 e. The second-order valence-corrected chi connectivity index (χ2v) is 7.63. The van der Waals surface area contributed by atoms with Crippen molar-refractivity contribution in [3.63, 3.8) is 0 Å². The summed E-state index contributed by atoms with van der Waals surface area (Å²) in [6.07, 6.45) is 3.15. The lowest BCUT2D eigenvalue weighted by Gasteiger charge is -2.33. The molecule has 2 heterocycles. The van der Waals surface area contributed by atoms with E-state index in [-0.39, 0.29) is 5.56 Å². The summed E-state index contributed by atoms with van der Waals surface area (Å²) in [6, 6.07) is 0. The number of rotatable bonds is 1. The zero-order valence-electron chi connectivity index (χ0n) is 12.0. The molecule has 4 N–H and O–H groups in total. The fraction of sp³-hybridized carbons (Fsp3) is 0.571. The van der Waals surface area contributed by atoms with Gasteiger partial charge in [-0.15, -0.1) is 11.3 Å². The van der Waals surface area contributed by atoms with Crippen molar-refractivity contribution in [3.05, 3.63) is 20.8 Å². The van der Waals surface area contributed by atoms with Crippen molar-refractivity contribution in [2.45, 2.75) is 40.0 Å². The number of hydrogen-bond donors (Lipinski definition) is 3. The average Bonchev–Trinajstić information content (AvgIpc) is 2.74. The highest BCUT2D eigenvalue weighted by molar-refractivity contribution is 7.18. The van der Waals surface area contributed by atoms with Crippen molar-refractivity contribution in [1.29, 1.82) is 0 Å². The summed E-state index contributed by atoms with van der Waals surface area (Å²) < 4.78 is 0. The lowest BCUT2D eigenvalue weighted by Crippen LogP contribution is -2.26. The standard InChI is InChI=1S/C14H20N4OS/c1-14(2,3)7-4-5-8-9(6-7)20-12-10(8)11(19)16-13(17-12)18-15/h7H,4-6,15H2,1-3H3,(H2,16,17,18,19). The third-order valence-electron chi connectivity index (χ3n) is 4.28. The van der Waals surface area contributed by atoms with Gasteiger partial charge in [-0.2, -0.15) is 0 Å². The maximum Gasteiger partial charge on any atom is 0.261 e. The first-order valence-corrected chi connectivity index (χ1v) is 7.73. The number of aryl methyl sites for hydroxylation is 1. The fourth-order valence-electron chi connectivity index (χ4n) is 2.99. The van der Waals surface area contributed by atoms with Crippen LogP contribution in [0.4, 0.5) is 5.95 Å². The van der Waals surface area contributed by atoms with Crippen LogP contribution < -0.4 is 16.8 Å². The van der Waals surface area contributed by atoms with Gasteiger partial charge in [-0.1, -0.05) is 20.8 Å². The van der Waals surface area contributed by atoms with E-state index in [0.717, 1.165) is 29.5 Å². The van der Waals surface area contributed by atoms with Crippen molar-refractivity contribution in [2.24, 2.45) is 17.2 Å². The van der Waals surface area contributed by atoms with E-state index in [4.69, 9.17) is 5.84 Å². The number of nitrogens with zero attached hydrogens (tertiary/aromatic N) is 1. The van der Waals surface area contributed by atoms with Crippen LogP contribution in [0.25, 0.3) is 10.2 Å². The van der Waals surface area contributed by atoms with Gasteiger partial charge in [-0.3, -0.25) is 15.2 Å². The number of thiophene rings is 1. The second-order valence-electron chi connectivity index (χ2n) is 6.55. The molecule has 0 spiro atoms. The minimum atomic E-state index is -0.0883. The number of hydrogen-bond acceptors (Lipinski definition) is 5. The van der Waals surface area contributed by atoms with Crippen LogP contribution in [-0.2, 0) is 12.8 Å². The van der Waals surface area contributed by atoms with Gasteiger partial charge in [0.25, 0.3) is 5.56 Å². The van der Waals surface area contributed by atoms with E-state index >= 15 is 0 Å². The fourth-order valence-corrected chi connectivity index (χ4v) is 4.29. The molecule has 3 rings (SSSR count). The van der Waals surface area contributed by atoms with Crippen molar-refractivity contribution < 1.29 is 0 Å². The van der Waals surface area contributed by atoms with Crippen molar-refractivity contribution in [1.82, 2.24) is 9.97 Å². The maximum atomic E-state index is 12.2. The van der Waals surface area contributed by atoms with Crippen LogP contribution in [0.15, 0.2) is 4.79 Å². The molecule has 2 aromatic rings. The lowest BCUT2D eigenvalue weighted by molar-refractivity contribution is 0.218. The summed E-state index contributed by atoms with van der Waals surface area (Å²) >= 11 is 1.64. The van der Waals surface area contributed by atoms with Gasteiger partial charge >= 0.3 is 0 Å². The van der Waals surface area contributed by atoms with Crippen LogP contribution >= 0.6 is 11.3 Å². The van der Waals surface area contributed by atoms with Crippen molar-refractivity contribution >= 4 is 27.5 Å². The summed E-state index contributed by atoms with van der Waals surface area (Å²) in [5.74, 6) is 6.32. The van der Waals surface area contributed by atoms with E-state index in [1.807, 2.05) is 0 Å². The number of H-pyrrole nitrogens is 1. The Morgan fingerprint density at radius 2 is 2.20 bits per heavy atom. The van der Waals surface area contributed by atoms with E-state index < -0.39 is 0 Å². The molecule has 1 aliphatic carbocycles. The van der Waals surface area contributed by atoms with Gasteiger partial charge in [0.05, 0.1) is 5.39 Å². The SMILES string of the molecule is CC(C)(C)C1CCc2c(sc3nc(NN)[nH]c(=O)c23)C1. The summed E-state index contributed by atoms with van der Waals surface area (Å²) in [7, 11) is 0. The Labute approximate surface area is 121 Å². The number of nitrogen functional groups attached to an aromatic ring is 1. The van der Waals surface area contributed by atoms with E-state index in [2.05, 4.69) is 36.2 Å². The summed E-state index contributed by atoms with van der Waals surface area (Å²) in [4.78, 5) is 21.4. The van der Waals surface area contributed by atoms with Gasteiger partial charge in [0, 0.05) is 4.88 Å². The van der Waals surface area contributed by atoms with Gasteiger partial charge in [0.15, 0.2) is 0 Å². The molecule has 1 unspecified atom stereocenters. The molecule has 0 saturated carbocycles. The van der Waals surface area contributed by atoms with Crippen LogP contribution in [0.1, 0.15) is 37.6 Å². The molecule has 0 bridgehead atoms. The van der Waals surface area contributed by atoms with Gasteiger partial charge in [0.1, 0.15) is 4.83 Å². The number of aromatic nitrogens is 2. The maximum absolute atomic E-state index is 12.2. The molecule has 5 nitrogen and oxygen atoms in total. The zero-order valence-corrected chi connectivity index (χ0v) is 12.9. The topological polar surface area (TPSA) is 83.8 Å². The number of nitrogens with two attached hydrogens (primary N) is 1.